The Labute approximate surface area is 137 Å². The zero-order valence-electron chi connectivity index (χ0n) is 13.4. The fourth-order valence-corrected chi connectivity index (χ4v) is 2.43. The molecule has 0 aliphatic carbocycles. The van der Waals surface area contributed by atoms with Crippen LogP contribution in [-0.4, -0.2) is 12.5 Å². The van der Waals surface area contributed by atoms with Crippen LogP contribution in [0.2, 0.25) is 0 Å². The maximum atomic E-state index is 12.1. The maximum absolute atomic E-state index is 12.1. The Morgan fingerprint density at radius 2 is 1.74 bits per heavy atom. The smallest absolute Gasteiger partial charge is 0.238 e. The van der Waals surface area contributed by atoms with Crippen molar-refractivity contribution in [3.8, 4) is 6.07 Å². The summed E-state index contributed by atoms with van der Waals surface area (Å²) in [4.78, 5) is 12.1. The van der Waals surface area contributed by atoms with Crippen molar-refractivity contribution in [2.24, 2.45) is 5.92 Å². The first-order valence-electron chi connectivity index (χ1n) is 7.68. The summed E-state index contributed by atoms with van der Waals surface area (Å²) in [5.74, 6) is 0.274. The lowest BCUT2D eigenvalue weighted by molar-refractivity contribution is -0.115. The molecule has 4 nitrogen and oxygen atoms in total. The first-order chi connectivity index (χ1) is 11.1. The summed E-state index contributed by atoms with van der Waals surface area (Å²) < 4.78 is 0. The average molecular weight is 307 g/mol. The van der Waals surface area contributed by atoms with Crippen molar-refractivity contribution >= 4 is 11.6 Å². The van der Waals surface area contributed by atoms with E-state index in [0.717, 1.165) is 0 Å². The summed E-state index contributed by atoms with van der Waals surface area (Å²) in [6, 6.07) is 19.1. The van der Waals surface area contributed by atoms with Crippen LogP contribution in [0.5, 0.6) is 0 Å². The monoisotopic (exact) mass is 307 g/mol. The van der Waals surface area contributed by atoms with Crippen LogP contribution >= 0.6 is 0 Å². The number of rotatable bonds is 6. The minimum Gasteiger partial charge on any atom is -0.325 e. The summed E-state index contributed by atoms with van der Waals surface area (Å²) in [6.45, 7) is 4.49. The second-order valence-corrected chi connectivity index (χ2v) is 5.75. The third-order valence-corrected chi connectivity index (χ3v) is 3.61. The Morgan fingerprint density at radius 3 is 2.30 bits per heavy atom. The van der Waals surface area contributed by atoms with Gasteiger partial charge in [-0.3, -0.25) is 4.79 Å². The molecule has 0 aliphatic heterocycles. The van der Waals surface area contributed by atoms with E-state index in [-0.39, 0.29) is 18.5 Å². The molecule has 23 heavy (non-hydrogen) atoms. The number of nitrogens with one attached hydrogen (secondary N) is 2. The van der Waals surface area contributed by atoms with Crippen molar-refractivity contribution in [2.75, 3.05) is 11.9 Å². The first-order valence-corrected chi connectivity index (χ1v) is 7.68. The van der Waals surface area contributed by atoms with Gasteiger partial charge < -0.3 is 10.6 Å². The molecule has 0 saturated heterocycles. The van der Waals surface area contributed by atoms with Crippen LogP contribution in [0, 0.1) is 17.2 Å². The number of carbonyl (C=O) groups excluding carboxylic acids is 1. The molecular formula is C19H21N3O. The van der Waals surface area contributed by atoms with Gasteiger partial charge in [-0.25, -0.2) is 0 Å². The van der Waals surface area contributed by atoms with Crippen molar-refractivity contribution in [1.82, 2.24) is 5.32 Å². The number of anilines is 1. The van der Waals surface area contributed by atoms with E-state index in [1.807, 2.05) is 18.2 Å². The molecule has 0 bridgehead atoms. The average Bonchev–Trinajstić information content (AvgIpc) is 2.56. The first kappa shape index (κ1) is 16.7. The fraction of sp³-hybridized carbons (Fsp3) is 0.263. The van der Waals surface area contributed by atoms with Gasteiger partial charge in [0.15, 0.2) is 0 Å². The van der Waals surface area contributed by atoms with Crippen LogP contribution in [0.1, 0.15) is 31.0 Å². The molecule has 4 heteroatoms. The van der Waals surface area contributed by atoms with Crippen LogP contribution in [0.4, 0.5) is 5.69 Å². The third-order valence-electron chi connectivity index (χ3n) is 3.61. The summed E-state index contributed by atoms with van der Waals surface area (Å²) in [5, 5.41) is 14.9. The summed E-state index contributed by atoms with van der Waals surface area (Å²) in [6.07, 6.45) is 0. The number of benzene rings is 2. The van der Waals surface area contributed by atoms with Crippen molar-refractivity contribution < 1.29 is 4.79 Å². The molecule has 1 atom stereocenters. The van der Waals surface area contributed by atoms with E-state index in [2.05, 4.69) is 42.7 Å². The van der Waals surface area contributed by atoms with Gasteiger partial charge in [0.25, 0.3) is 0 Å². The van der Waals surface area contributed by atoms with Crippen LogP contribution in [0.15, 0.2) is 54.6 Å². The predicted molar refractivity (Wildman–Crippen MR) is 91.8 cm³/mol. The number of carbonyl (C=O) groups is 1. The minimum absolute atomic E-state index is 0.101. The van der Waals surface area contributed by atoms with Gasteiger partial charge in [-0.15, -0.1) is 0 Å². The quantitative estimate of drug-likeness (QED) is 0.858. The Bertz CT molecular complexity index is 672. The molecule has 0 spiro atoms. The second-order valence-electron chi connectivity index (χ2n) is 5.75. The lowest BCUT2D eigenvalue weighted by Crippen LogP contribution is -2.33. The molecule has 1 amide bonds. The number of amides is 1. The lowest BCUT2D eigenvalue weighted by atomic mass is 9.96. The minimum atomic E-state index is -0.101. The fourth-order valence-electron chi connectivity index (χ4n) is 2.43. The van der Waals surface area contributed by atoms with Gasteiger partial charge in [-0.05, 0) is 35.7 Å². The predicted octanol–water partition coefficient (Wildman–Crippen LogP) is 3.48. The highest BCUT2D eigenvalue weighted by atomic mass is 16.1. The molecule has 2 rings (SSSR count). The molecule has 0 aliphatic rings. The van der Waals surface area contributed by atoms with Gasteiger partial charge in [0.2, 0.25) is 5.91 Å². The number of nitriles is 1. The lowest BCUT2D eigenvalue weighted by Gasteiger charge is -2.22. The van der Waals surface area contributed by atoms with Crippen molar-refractivity contribution in [2.45, 2.75) is 19.9 Å². The molecule has 2 aromatic rings. The largest absolute Gasteiger partial charge is 0.325 e. The molecule has 0 fully saturated rings. The molecule has 2 aromatic carbocycles. The summed E-state index contributed by atoms with van der Waals surface area (Å²) in [7, 11) is 0. The van der Waals surface area contributed by atoms with Gasteiger partial charge in [0, 0.05) is 11.7 Å². The topological polar surface area (TPSA) is 64.9 Å². The van der Waals surface area contributed by atoms with E-state index >= 15 is 0 Å². The molecule has 2 N–H and O–H groups in total. The van der Waals surface area contributed by atoms with E-state index in [0.29, 0.717) is 17.2 Å². The second kappa shape index (κ2) is 8.11. The third kappa shape index (κ3) is 4.94. The van der Waals surface area contributed by atoms with Gasteiger partial charge >= 0.3 is 0 Å². The number of hydrogen-bond donors (Lipinski definition) is 2. The van der Waals surface area contributed by atoms with Crippen LogP contribution in [0.25, 0.3) is 0 Å². The number of nitrogens with zero attached hydrogens (tertiary/aromatic N) is 1. The van der Waals surface area contributed by atoms with Gasteiger partial charge in [-0.2, -0.15) is 5.26 Å². The van der Waals surface area contributed by atoms with Gasteiger partial charge in [0.05, 0.1) is 18.2 Å². The van der Waals surface area contributed by atoms with E-state index in [9.17, 15) is 4.79 Å². The van der Waals surface area contributed by atoms with Crippen LogP contribution < -0.4 is 10.6 Å². The zero-order chi connectivity index (χ0) is 16.7. The molecule has 0 radical (unpaired) electrons. The Morgan fingerprint density at radius 1 is 1.09 bits per heavy atom. The standard InChI is InChI=1S/C19H21N3O/c1-14(2)19(16-6-4-3-5-7-16)21-13-18(23)22-17-10-8-15(12-20)9-11-17/h3-11,14,19,21H,13H2,1-2H3,(H,22,23)/t19-/m0/s1. The Balaban J connectivity index is 1.92. The highest BCUT2D eigenvalue weighted by Crippen LogP contribution is 2.21. The Hall–Kier alpha value is -2.64. The zero-order valence-corrected chi connectivity index (χ0v) is 13.4. The van der Waals surface area contributed by atoms with Gasteiger partial charge in [-0.1, -0.05) is 44.2 Å². The summed E-state index contributed by atoms with van der Waals surface area (Å²) in [5.41, 5.74) is 2.44. The highest BCUT2D eigenvalue weighted by Gasteiger charge is 2.16. The van der Waals surface area contributed by atoms with E-state index < -0.39 is 0 Å². The maximum Gasteiger partial charge on any atom is 0.238 e. The van der Waals surface area contributed by atoms with Gasteiger partial charge in [0.1, 0.15) is 0 Å². The number of hydrogen-bond acceptors (Lipinski definition) is 3. The van der Waals surface area contributed by atoms with E-state index in [1.165, 1.54) is 5.56 Å². The Kier molecular flexibility index (Phi) is 5.90. The normalized spacial score (nSPS) is 11.7. The molecule has 0 saturated carbocycles. The molecule has 0 unspecified atom stereocenters. The highest BCUT2D eigenvalue weighted by molar-refractivity contribution is 5.92. The molecule has 118 valence electrons. The van der Waals surface area contributed by atoms with Crippen molar-refractivity contribution in [1.29, 1.82) is 5.26 Å². The summed E-state index contributed by atoms with van der Waals surface area (Å²) >= 11 is 0. The molecular weight excluding hydrogens is 286 g/mol. The van der Waals surface area contributed by atoms with Crippen LogP contribution in [-0.2, 0) is 4.79 Å². The van der Waals surface area contributed by atoms with Crippen molar-refractivity contribution in [3.05, 3.63) is 65.7 Å². The molecule has 0 heterocycles. The van der Waals surface area contributed by atoms with Crippen molar-refractivity contribution in [3.63, 3.8) is 0 Å². The van der Waals surface area contributed by atoms with Crippen LogP contribution in [0.3, 0.4) is 0 Å². The van der Waals surface area contributed by atoms with E-state index in [1.54, 1.807) is 24.3 Å². The SMILES string of the molecule is CC(C)[C@H](NCC(=O)Nc1ccc(C#N)cc1)c1ccccc1. The van der Waals surface area contributed by atoms with E-state index in [4.69, 9.17) is 5.26 Å². The molecule has 0 aromatic heterocycles.